The number of primary amides is 1. The van der Waals surface area contributed by atoms with E-state index in [0.717, 1.165) is 0 Å². The molecule has 0 fully saturated rings. The van der Waals surface area contributed by atoms with Crippen LogP contribution >= 0.6 is 0 Å². The van der Waals surface area contributed by atoms with Gasteiger partial charge >= 0.3 is 5.97 Å². The number of anilines is 2. The Morgan fingerprint density at radius 1 is 1.32 bits per heavy atom. The molecule has 0 saturated carbocycles. The van der Waals surface area contributed by atoms with Crippen LogP contribution in [0.2, 0.25) is 0 Å². The zero-order valence-corrected chi connectivity index (χ0v) is 10.0. The van der Waals surface area contributed by atoms with Crippen LogP contribution in [-0.4, -0.2) is 22.0 Å². The van der Waals surface area contributed by atoms with Gasteiger partial charge in [0.25, 0.3) is 5.91 Å². The quantitative estimate of drug-likeness (QED) is 0.767. The molecule has 0 aliphatic carbocycles. The molecule has 0 radical (unpaired) electrons. The predicted molar refractivity (Wildman–Crippen MR) is 66.4 cm³/mol. The second-order valence-corrected chi connectivity index (χ2v) is 3.78. The summed E-state index contributed by atoms with van der Waals surface area (Å²) in [6.45, 7) is 1.59. The first-order valence-corrected chi connectivity index (χ1v) is 5.35. The zero-order chi connectivity index (χ0) is 14.0. The number of aromatic carboxylic acids is 1. The molecule has 0 atom stereocenters. The number of nitrogens with two attached hydrogens (primary N) is 1. The van der Waals surface area contributed by atoms with Gasteiger partial charge in [-0.2, -0.15) is 0 Å². The van der Waals surface area contributed by atoms with Gasteiger partial charge in [0, 0.05) is 12.6 Å². The van der Waals surface area contributed by atoms with E-state index in [9.17, 15) is 9.59 Å². The van der Waals surface area contributed by atoms with E-state index in [2.05, 4.69) is 10.3 Å². The van der Waals surface area contributed by atoms with Crippen LogP contribution in [0.3, 0.4) is 0 Å². The van der Waals surface area contributed by atoms with E-state index < -0.39 is 11.9 Å². The summed E-state index contributed by atoms with van der Waals surface area (Å²) in [5.74, 6) is -1.28. The first-order valence-electron chi connectivity index (χ1n) is 5.35. The summed E-state index contributed by atoms with van der Waals surface area (Å²) >= 11 is 0. The maximum atomic E-state index is 11.2. The zero-order valence-electron chi connectivity index (χ0n) is 10.0. The topological polar surface area (TPSA) is 118 Å². The number of aromatic nitrogens is 1. The number of amides is 1. The standard InChI is InChI=1S/C12H11N3O4/c1-6-14-9(10(13)16)11(19-6)15-8-4-2-7(3-5-8)12(17)18/h2-5,15H,1H3,(H2,13,16)(H,17,18). The Hall–Kier alpha value is -2.83. The van der Waals surface area contributed by atoms with Crippen LogP contribution in [0.5, 0.6) is 0 Å². The van der Waals surface area contributed by atoms with Crippen LogP contribution in [0, 0.1) is 6.92 Å². The lowest BCUT2D eigenvalue weighted by Gasteiger charge is -2.03. The van der Waals surface area contributed by atoms with Crippen LogP contribution in [0.15, 0.2) is 28.7 Å². The Labute approximate surface area is 108 Å². The minimum atomic E-state index is -1.01. The normalized spacial score (nSPS) is 10.2. The van der Waals surface area contributed by atoms with Crippen molar-refractivity contribution in [1.29, 1.82) is 0 Å². The molecule has 1 heterocycles. The Morgan fingerprint density at radius 2 is 1.95 bits per heavy atom. The maximum absolute atomic E-state index is 11.2. The predicted octanol–water partition coefficient (Wildman–Crippen LogP) is 1.52. The number of carboxylic acid groups (broad SMARTS) is 1. The van der Waals surface area contributed by atoms with E-state index in [0.29, 0.717) is 11.6 Å². The van der Waals surface area contributed by atoms with Gasteiger partial charge < -0.3 is 20.6 Å². The number of carboxylic acids is 1. The summed E-state index contributed by atoms with van der Waals surface area (Å²) in [5, 5.41) is 11.6. The molecule has 1 aromatic heterocycles. The lowest BCUT2D eigenvalue weighted by Crippen LogP contribution is -2.13. The molecule has 0 aliphatic rings. The molecule has 19 heavy (non-hydrogen) atoms. The summed E-state index contributed by atoms with van der Waals surface area (Å²) in [6, 6.07) is 5.95. The molecular formula is C12H11N3O4. The van der Waals surface area contributed by atoms with E-state index >= 15 is 0 Å². The molecule has 7 nitrogen and oxygen atoms in total. The molecule has 0 spiro atoms. The Morgan fingerprint density at radius 3 is 2.47 bits per heavy atom. The molecule has 2 rings (SSSR count). The number of nitrogens with zero attached hydrogens (tertiary/aromatic N) is 1. The number of aryl methyl sites for hydroxylation is 1. The van der Waals surface area contributed by atoms with Gasteiger partial charge in [0.05, 0.1) is 5.56 Å². The number of carbonyl (C=O) groups is 2. The highest BCUT2D eigenvalue weighted by atomic mass is 16.4. The monoisotopic (exact) mass is 261 g/mol. The number of hydrogen-bond donors (Lipinski definition) is 3. The largest absolute Gasteiger partial charge is 0.478 e. The van der Waals surface area contributed by atoms with Gasteiger partial charge in [-0.05, 0) is 24.3 Å². The van der Waals surface area contributed by atoms with E-state index in [-0.39, 0.29) is 17.1 Å². The average molecular weight is 261 g/mol. The molecule has 0 saturated heterocycles. The van der Waals surface area contributed by atoms with Crippen molar-refractivity contribution in [1.82, 2.24) is 4.98 Å². The minimum absolute atomic E-state index is 0.000175. The molecular weight excluding hydrogens is 250 g/mol. The third-order valence-corrected chi connectivity index (χ3v) is 2.36. The Balaban J connectivity index is 2.26. The number of nitrogens with one attached hydrogen (secondary N) is 1. The molecule has 0 unspecified atom stereocenters. The van der Waals surface area contributed by atoms with Crippen LogP contribution in [0.1, 0.15) is 26.7 Å². The molecule has 0 aliphatic heterocycles. The average Bonchev–Trinajstić information content (AvgIpc) is 2.71. The fraction of sp³-hybridized carbons (Fsp3) is 0.0833. The van der Waals surface area contributed by atoms with E-state index in [4.69, 9.17) is 15.3 Å². The van der Waals surface area contributed by atoms with Crippen LogP contribution < -0.4 is 11.1 Å². The fourth-order valence-electron chi connectivity index (χ4n) is 1.51. The summed E-state index contributed by atoms with van der Waals surface area (Å²) in [5.41, 5.74) is 5.89. The van der Waals surface area contributed by atoms with Crippen LogP contribution in [-0.2, 0) is 0 Å². The van der Waals surface area contributed by atoms with Crippen LogP contribution in [0.25, 0.3) is 0 Å². The summed E-state index contributed by atoms with van der Waals surface area (Å²) in [4.78, 5) is 25.7. The van der Waals surface area contributed by atoms with Gasteiger partial charge in [-0.1, -0.05) is 0 Å². The number of benzene rings is 1. The maximum Gasteiger partial charge on any atom is 0.335 e. The van der Waals surface area contributed by atoms with Gasteiger partial charge in [0.1, 0.15) is 0 Å². The van der Waals surface area contributed by atoms with Gasteiger partial charge in [0.15, 0.2) is 11.6 Å². The highest BCUT2D eigenvalue weighted by molar-refractivity contribution is 5.96. The van der Waals surface area contributed by atoms with Crippen molar-refractivity contribution in [3.63, 3.8) is 0 Å². The van der Waals surface area contributed by atoms with Crippen molar-refractivity contribution in [2.75, 3.05) is 5.32 Å². The number of carbonyl (C=O) groups excluding carboxylic acids is 1. The fourth-order valence-corrected chi connectivity index (χ4v) is 1.51. The highest BCUT2D eigenvalue weighted by Gasteiger charge is 2.16. The second-order valence-electron chi connectivity index (χ2n) is 3.78. The van der Waals surface area contributed by atoms with Crippen molar-refractivity contribution in [3.05, 3.63) is 41.4 Å². The van der Waals surface area contributed by atoms with Crippen molar-refractivity contribution in [2.45, 2.75) is 6.92 Å². The van der Waals surface area contributed by atoms with Crippen molar-refractivity contribution in [2.24, 2.45) is 5.73 Å². The highest BCUT2D eigenvalue weighted by Crippen LogP contribution is 2.22. The lowest BCUT2D eigenvalue weighted by atomic mass is 10.2. The SMILES string of the molecule is Cc1nc(C(N)=O)c(Nc2ccc(C(=O)O)cc2)o1. The number of rotatable bonds is 4. The molecule has 2 aromatic rings. The molecule has 4 N–H and O–H groups in total. The molecule has 1 amide bonds. The lowest BCUT2D eigenvalue weighted by molar-refractivity contribution is 0.0696. The van der Waals surface area contributed by atoms with E-state index in [1.54, 1.807) is 19.1 Å². The van der Waals surface area contributed by atoms with Gasteiger partial charge in [-0.3, -0.25) is 4.79 Å². The van der Waals surface area contributed by atoms with Gasteiger partial charge in [-0.25, -0.2) is 9.78 Å². The van der Waals surface area contributed by atoms with Crippen molar-refractivity contribution >= 4 is 23.4 Å². The van der Waals surface area contributed by atoms with E-state index in [1.807, 2.05) is 0 Å². The smallest absolute Gasteiger partial charge is 0.335 e. The first kappa shape index (κ1) is 12.6. The summed E-state index contributed by atoms with van der Waals surface area (Å²) in [7, 11) is 0. The second kappa shape index (κ2) is 4.81. The molecule has 98 valence electrons. The minimum Gasteiger partial charge on any atom is -0.478 e. The summed E-state index contributed by atoms with van der Waals surface area (Å²) in [6.07, 6.45) is 0. The number of hydrogen-bond acceptors (Lipinski definition) is 5. The molecule has 0 bridgehead atoms. The van der Waals surface area contributed by atoms with Crippen molar-refractivity contribution < 1.29 is 19.1 Å². The van der Waals surface area contributed by atoms with Crippen molar-refractivity contribution in [3.8, 4) is 0 Å². The Bertz CT molecular complexity index is 631. The Kier molecular flexibility index (Phi) is 3.19. The summed E-state index contributed by atoms with van der Waals surface area (Å²) < 4.78 is 5.22. The first-order chi connectivity index (χ1) is 8.97. The van der Waals surface area contributed by atoms with E-state index in [1.165, 1.54) is 12.1 Å². The molecule has 7 heteroatoms. The third-order valence-electron chi connectivity index (χ3n) is 2.36. The third kappa shape index (κ3) is 2.71. The molecule has 1 aromatic carbocycles. The number of oxazole rings is 1. The van der Waals surface area contributed by atoms with Gasteiger partial charge in [0.2, 0.25) is 5.88 Å². The van der Waals surface area contributed by atoms with Gasteiger partial charge in [-0.15, -0.1) is 0 Å². The van der Waals surface area contributed by atoms with Crippen LogP contribution in [0.4, 0.5) is 11.6 Å².